The molecular weight excluding hydrogens is 466 g/mol. The monoisotopic (exact) mass is 495 g/mol. The van der Waals surface area contributed by atoms with E-state index in [4.69, 9.17) is 9.84 Å². The number of ether oxygens (including phenoxy) is 1. The van der Waals surface area contributed by atoms with Gasteiger partial charge >= 0.3 is 0 Å². The maximum absolute atomic E-state index is 12.9. The van der Waals surface area contributed by atoms with Crippen LogP contribution in [-0.4, -0.2) is 28.9 Å². The number of aliphatic imine (C=N–C) groups is 1. The molecule has 0 N–H and O–H groups in total. The Morgan fingerprint density at radius 3 is 2.31 bits per heavy atom. The van der Waals surface area contributed by atoms with Crippen LogP contribution in [0.15, 0.2) is 93.9 Å². The summed E-state index contributed by atoms with van der Waals surface area (Å²) in [6.07, 6.45) is 2.63. The van der Waals surface area contributed by atoms with Gasteiger partial charge in [-0.3, -0.25) is 4.79 Å². The number of rotatable bonds is 4. The second-order valence-electron chi connectivity index (χ2n) is 9.93. The molecule has 3 aromatic carbocycles. The number of carbonyl (C=O) groups excluding carboxylic acids is 1. The van der Waals surface area contributed by atoms with Gasteiger partial charge in [0.15, 0.2) is 5.17 Å². The Kier molecular flexibility index (Phi) is 6.54. The number of amides is 1. The van der Waals surface area contributed by atoms with Crippen molar-refractivity contribution in [1.29, 1.82) is 0 Å². The van der Waals surface area contributed by atoms with E-state index in [-0.39, 0.29) is 17.4 Å². The SMILES string of the molecule is COc1ccc(C2CC(c3ccccc3)=NN2C2=NC(=O)/C(=C/c3ccc(C(C)(C)C)cc3)S2)cc1. The summed E-state index contributed by atoms with van der Waals surface area (Å²) in [4.78, 5) is 17.9. The molecule has 0 fully saturated rings. The number of hydrogen-bond donors (Lipinski definition) is 0. The van der Waals surface area contributed by atoms with Gasteiger partial charge in [-0.15, -0.1) is 0 Å². The number of thioether (sulfide) groups is 1. The lowest BCUT2D eigenvalue weighted by molar-refractivity contribution is -0.113. The number of nitrogens with zero attached hydrogens (tertiary/aromatic N) is 3. The van der Waals surface area contributed by atoms with Crippen LogP contribution in [0, 0.1) is 0 Å². The highest BCUT2D eigenvalue weighted by atomic mass is 32.2. The molecule has 1 amide bonds. The molecule has 2 heterocycles. The summed E-state index contributed by atoms with van der Waals surface area (Å²) in [5, 5.41) is 7.44. The van der Waals surface area contributed by atoms with Crippen LogP contribution < -0.4 is 4.74 Å². The molecular formula is C30H29N3O2S. The lowest BCUT2D eigenvalue weighted by Crippen LogP contribution is -2.23. The van der Waals surface area contributed by atoms with Gasteiger partial charge in [0.25, 0.3) is 5.91 Å². The summed E-state index contributed by atoms with van der Waals surface area (Å²) in [5.74, 6) is 0.574. The smallest absolute Gasteiger partial charge is 0.286 e. The topological polar surface area (TPSA) is 54.3 Å². The summed E-state index contributed by atoms with van der Waals surface area (Å²) >= 11 is 1.38. The fraction of sp³-hybridized carbons (Fsp3) is 0.233. The summed E-state index contributed by atoms with van der Waals surface area (Å²) in [7, 11) is 1.66. The Morgan fingerprint density at radius 1 is 0.972 bits per heavy atom. The molecule has 0 bridgehead atoms. The van der Waals surface area contributed by atoms with E-state index in [0.717, 1.165) is 34.6 Å². The van der Waals surface area contributed by atoms with Crippen LogP contribution >= 0.6 is 11.8 Å². The first kappa shape index (κ1) is 24.1. The van der Waals surface area contributed by atoms with Crippen LogP contribution in [-0.2, 0) is 10.2 Å². The van der Waals surface area contributed by atoms with E-state index in [1.807, 2.05) is 41.4 Å². The first-order chi connectivity index (χ1) is 17.3. The van der Waals surface area contributed by atoms with Crippen molar-refractivity contribution in [3.05, 3.63) is 106 Å². The van der Waals surface area contributed by atoms with E-state index >= 15 is 0 Å². The van der Waals surface area contributed by atoms with Gasteiger partial charge in [0.2, 0.25) is 0 Å². The third-order valence-corrected chi connectivity index (χ3v) is 7.37. The first-order valence-corrected chi connectivity index (χ1v) is 12.8. The van der Waals surface area contributed by atoms with Crippen molar-refractivity contribution < 1.29 is 9.53 Å². The molecule has 0 saturated heterocycles. The molecule has 3 aromatic rings. The minimum absolute atomic E-state index is 0.0596. The minimum Gasteiger partial charge on any atom is -0.497 e. The van der Waals surface area contributed by atoms with E-state index in [9.17, 15) is 4.79 Å². The number of carbonyl (C=O) groups is 1. The average Bonchev–Trinajstić information content (AvgIpc) is 3.48. The third kappa shape index (κ3) is 5.00. The maximum Gasteiger partial charge on any atom is 0.286 e. The van der Waals surface area contributed by atoms with Gasteiger partial charge in [0.1, 0.15) is 5.75 Å². The van der Waals surface area contributed by atoms with E-state index < -0.39 is 0 Å². The lowest BCUT2D eigenvalue weighted by Gasteiger charge is -2.22. The number of methoxy groups -OCH3 is 1. The van der Waals surface area contributed by atoms with E-state index in [2.05, 4.69) is 74.3 Å². The summed E-state index contributed by atoms with van der Waals surface area (Å²) < 4.78 is 5.34. The summed E-state index contributed by atoms with van der Waals surface area (Å²) in [6.45, 7) is 6.57. The quantitative estimate of drug-likeness (QED) is 0.373. The van der Waals surface area contributed by atoms with Crippen molar-refractivity contribution >= 4 is 34.6 Å². The molecule has 0 spiro atoms. The highest BCUT2D eigenvalue weighted by molar-refractivity contribution is 8.18. The van der Waals surface area contributed by atoms with E-state index in [1.165, 1.54) is 17.3 Å². The summed E-state index contributed by atoms with van der Waals surface area (Å²) in [5.41, 5.74) is 5.47. The normalized spacial score (nSPS) is 19.0. The van der Waals surface area contributed by atoms with Gasteiger partial charge < -0.3 is 4.74 Å². The van der Waals surface area contributed by atoms with Gasteiger partial charge in [-0.05, 0) is 57.6 Å². The largest absolute Gasteiger partial charge is 0.497 e. The fourth-order valence-electron chi connectivity index (χ4n) is 4.30. The fourth-order valence-corrected chi connectivity index (χ4v) is 5.22. The van der Waals surface area contributed by atoms with Crippen LogP contribution in [0.5, 0.6) is 5.75 Å². The molecule has 1 unspecified atom stereocenters. The number of hydrazone groups is 1. The molecule has 0 aliphatic carbocycles. The first-order valence-electron chi connectivity index (χ1n) is 12.0. The van der Waals surface area contributed by atoms with Crippen LogP contribution in [0.1, 0.15) is 55.5 Å². The lowest BCUT2D eigenvalue weighted by atomic mass is 9.87. The Balaban J connectivity index is 1.43. The second kappa shape index (κ2) is 9.78. The van der Waals surface area contributed by atoms with Crippen molar-refractivity contribution in [2.75, 3.05) is 7.11 Å². The highest BCUT2D eigenvalue weighted by Gasteiger charge is 2.36. The maximum atomic E-state index is 12.9. The van der Waals surface area contributed by atoms with Crippen molar-refractivity contribution in [2.24, 2.45) is 10.1 Å². The van der Waals surface area contributed by atoms with Crippen LogP contribution in [0.2, 0.25) is 0 Å². The minimum atomic E-state index is -0.230. The zero-order valence-corrected chi connectivity index (χ0v) is 21.8. The molecule has 6 heteroatoms. The standard InChI is InChI=1S/C30H29N3O2S/c1-30(2,3)23-14-10-20(11-15-23)18-27-28(34)31-29(36-27)33-26(22-12-16-24(35-4)17-13-22)19-25(32-33)21-8-6-5-7-9-21/h5-18,26H,19H2,1-4H3/b27-18-. The van der Waals surface area contributed by atoms with Gasteiger partial charge in [-0.2, -0.15) is 10.1 Å². The van der Waals surface area contributed by atoms with Crippen molar-refractivity contribution in [3.8, 4) is 5.75 Å². The van der Waals surface area contributed by atoms with E-state index in [1.54, 1.807) is 7.11 Å². The Morgan fingerprint density at radius 2 is 1.67 bits per heavy atom. The van der Waals surface area contributed by atoms with Gasteiger partial charge in [-0.25, -0.2) is 5.01 Å². The Labute approximate surface area is 216 Å². The zero-order valence-electron chi connectivity index (χ0n) is 20.9. The highest BCUT2D eigenvalue weighted by Crippen LogP contribution is 2.40. The molecule has 182 valence electrons. The molecule has 36 heavy (non-hydrogen) atoms. The molecule has 0 aromatic heterocycles. The van der Waals surface area contributed by atoms with Gasteiger partial charge in [0.05, 0.1) is 23.8 Å². The van der Waals surface area contributed by atoms with Crippen LogP contribution in [0.3, 0.4) is 0 Å². The molecule has 5 rings (SSSR count). The van der Waals surface area contributed by atoms with Crippen LogP contribution in [0.4, 0.5) is 0 Å². The average molecular weight is 496 g/mol. The van der Waals surface area contributed by atoms with Gasteiger partial charge in [-0.1, -0.05) is 87.5 Å². The summed E-state index contributed by atoms with van der Waals surface area (Å²) in [6, 6.07) is 26.5. The molecule has 0 radical (unpaired) electrons. The number of hydrogen-bond acceptors (Lipinski definition) is 5. The second-order valence-corrected chi connectivity index (χ2v) is 10.9. The number of benzene rings is 3. The molecule has 2 aliphatic rings. The van der Waals surface area contributed by atoms with Crippen molar-refractivity contribution in [2.45, 2.75) is 38.6 Å². The van der Waals surface area contributed by atoms with Crippen molar-refractivity contribution in [1.82, 2.24) is 5.01 Å². The molecule has 0 saturated carbocycles. The predicted molar refractivity (Wildman–Crippen MR) is 148 cm³/mol. The van der Waals surface area contributed by atoms with Crippen molar-refractivity contribution in [3.63, 3.8) is 0 Å². The van der Waals surface area contributed by atoms with E-state index in [0.29, 0.717) is 10.1 Å². The molecule has 1 atom stereocenters. The Bertz CT molecular complexity index is 1350. The van der Waals surface area contributed by atoms with Crippen LogP contribution in [0.25, 0.3) is 6.08 Å². The third-order valence-electron chi connectivity index (χ3n) is 6.40. The van der Waals surface area contributed by atoms with Gasteiger partial charge in [0, 0.05) is 6.42 Å². The predicted octanol–water partition coefficient (Wildman–Crippen LogP) is 6.81. The zero-order chi connectivity index (χ0) is 25.3. The molecule has 2 aliphatic heterocycles. The molecule has 5 nitrogen and oxygen atoms in total. The Hall–Kier alpha value is -3.64. The number of amidine groups is 1.